The predicted molar refractivity (Wildman–Crippen MR) is 56.4 cm³/mol. The zero-order valence-corrected chi connectivity index (χ0v) is 9.16. The van der Waals surface area contributed by atoms with Crippen molar-refractivity contribution in [3.63, 3.8) is 0 Å². The first-order valence-electron chi connectivity index (χ1n) is 4.99. The molecule has 0 fully saturated rings. The Morgan fingerprint density at radius 1 is 1.53 bits per heavy atom. The highest BCUT2D eigenvalue weighted by atomic mass is 16.5. The third kappa shape index (κ3) is 1.58. The number of ether oxygens (including phenoxy) is 2. The molecule has 0 amide bonds. The topological polar surface area (TPSA) is 35.5 Å². The number of methoxy groups -OCH3 is 1. The van der Waals surface area contributed by atoms with Gasteiger partial charge < -0.3 is 9.47 Å². The lowest BCUT2D eigenvalue weighted by molar-refractivity contribution is 0.0600. The molecule has 1 aliphatic rings. The molecule has 15 heavy (non-hydrogen) atoms. The second kappa shape index (κ2) is 3.57. The van der Waals surface area contributed by atoms with Crippen LogP contribution >= 0.6 is 0 Å². The van der Waals surface area contributed by atoms with E-state index >= 15 is 0 Å². The number of carbonyl (C=O) groups is 1. The molecular weight excluding hydrogens is 192 g/mol. The summed E-state index contributed by atoms with van der Waals surface area (Å²) in [5.41, 5.74) is 2.63. The average Bonchev–Trinajstić information content (AvgIpc) is 2.58. The van der Waals surface area contributed by atoms with Gasteiger partial charge in [0.25, 0.3) is 0 Å². The summed E-state index contributed by atoms with van der Waals surface area (Å²) in [5.74, 6) is 0.964. The fourth-order valence-corrected chi connectivity index (χ4v) is 1.84. The van der Waals surface area contributed by atoms with E-state index in [1.54, 1.807) is 0 Å². The molecule has 0 aliphatic carbocycles. The molecule has 1 atom stereocenters. The molecule has 3 nitrogen and oxygen atoms in total. The van der Waals surface area contributed by atoms with Crippen LogP contribution in [-0.4, -0.2) is 19.7 Å². The van der Waals surface area contributed by atoms with E-state index in [4.69, 9.17) is 9.47 Å². The van der Waals surface area contributed by atoms with E-state index in [0.29, 0.717) is 18.1 Å². The van der Waals surface area contributed by atoms with Crippen molar-refractivity contribution in [3.05, 3.63) is 28.8 Å². The fourth-order valence-electron chi connectivity index (χ4n) is 1.84. The molecule has 0 saturated heterocycles. The van der Waals surface area contributed by atoms with Crippen LogP contribution in [0.25, 0.3) is 0 Å². The Morgan fingerprint density at radius 2 is 2.27 bits per heavy atom. The van der Waals surface area contributed by atoms with Crippen molar-refractivity contribution in [3.8, 4) is 5.75 Å². The number of hydrogen-bond acceptors (Lipinski definition) is 3. The smallest absolute Gasteiger partial charge is 0.338 e. The highest BCUT2D eigenvalue weighted by Gasteiger charge is 2.23. The van der Waals surface area contributed by atoms with Gasteiger partial charge in [0.05, 0.1) is 19.3 Å². The lowest BCUT2D eigenvalue weighted by atomic mass is 9.98. The SMILES string of the molecule is COC(=O)c1cc2c(cc1C)OCC2C. The van der Waals surface area contributed by atoms with Crippen molar-refractivity contribution in [2.45, 2.75) is 19.8 Å². The Hall–Kier alpha value is -1.51. The zero-order valence-electron chi connectivity index (χ0n) is 9.16. The van der Waals surface area contributed by atoms with E-state index < -0.39 is 0 Å². The van der Waals surface area contributed by atoms with Gasteiger partial charge in [-0.3, -0.25) is 0 Å². The standard InChI is InChI=1S/C12H14O3/c1-7-4-11-9(8(2)6-15-11)5-10(7)12(13)14-3/h4-5,8H,6H2,1-3H3. The average molecular weight is 206 g/mol. The molecule has 0 saturated carbocycles. The maximum Gasteiger partial charge on any atom is 0.338 e. The van der Waals surface area contributed by atoms with Gasteiger partial charge >= 0.3 is 5.97 Å². The largest absolute Gasteiger partial charge is 0.493 e. The number of hydrogen-bond donors (Lipinski definition) is 0. The van der Waals surface area contributed by atoms with Crippen LogP contribution in [0.4, 0.5) is 0 Å². The van der Waals surface area contributed by atoms with Crippen LogP contribution < -0.4 is 4.74 Å². The van der Waals surface area contributed by atoms with Gasteiger partial charge in [0.15, 0.2) is 0 Å². The van der Waals surface area contributed by atoms with Crippen molar-refractivity contribution < 1.29 is 14.3 Å². The number of esters is 1. The Kier molecular flexibility index (Phi) is 2.39. The van der Waals surface area contributed by atoms with Crippen LogP contribution in [0.1, 0.15) is 34.3 Å². The fraction of sp³-hybridized carbons (Fsp3) is 0.417. The van der Waals surface area contributed by atoms with Gasteiger partial charge in [0, 0.05) is 11.5 Å². The summed E-state index contributed by atoms with van der Waals surface area (Å²) in [6, 6.07) is 3.79. The van der Waals surface area contributed by atoms with Crippen LogP contribution in [0.2, 0.25) is 0 Å². The van der Waals surface area contributed by atoms with Gasteiger partial charge in [-0.25, -0.2) is 4.79 Å². The Bertz CT molecular complexity index is 410. The number of benzene rings is 1. The second-order valence-corrected chi connectivity index (χ2v) is 3.91. The summed E-state index contributed by atoms with van der Waals surface area (Å²) < 4.78 is 10.2. The monoisotopic (exact) mass is 206 g/mol. The Morgan fingerprint density at radius 3 is 2.93 bits per heavy atom. The second-order valence-electron chi connectivity index (χ2n) is 3.91. The van der Waals surface area contributed by atoms with Gasteiger partial charge in [0.1, 0.15) is 5.75 Å². The van der Waals surface area contributed by atoms with Crippen molar-refractivity contribution in [2.24, 2.45) is 0 Å². The molecular formula is C12H14O3. The third-order valence-corrected chi connectivity index (χ3v) is 2.78. The minimum atomic E-state index is -0.283. The Labute approximate surface area is 89.0 Å². The first-order chi connectivity index (χ1) is 7.13. The first-order valence-corrected chi connectivity index (χ1v) is 4.99. The maximum absolute atomic E-state index is 11.5. The summed E-state index contributed by atoms with van der Waals surface area (Å²) in [5, 5.41) is 0. The van der Waals surface area contributed by atoms with Crippen LogP contribution in [0.5, 0.6) is 5.75 Å². The molecule has 1 aliphatic heterocycles. The molecule has 0 N–H and O–H groups in total. The molecule has 80 valence electrons. The number of carbonyl (C=O) groups excluding carboxylic acids is 1. The molecule has 1 aromatic rings. The maximum atomic E-state index is 11.5. The van der Waals surface area contributed by atoms with E-state index in [9.17, 15) is 4.79 Å². The molecule has 2 rings (SSSR count). The normalized spacial score (nSPS) is 18.2. The quantitative estimate of drug-likeness (QED) is 0.661. The van der Waals surface area contributed by atoms with Crippen LogP contribution in [0.3, 0.4) is 0 Å². The molecule has 3 heteroatoms. The molecule has 0 aromatic heterocycles. The highest BCUT2D eigenvalue weighted by Crippen LogP contribution is 2.35. The summed E-state index contributed by atoms with van der Waals surface area (Å²) in [6.45, 7) is 4.67. The van der Waals surface area contributed by atoms with Crippen molar-refractivity contribution in [2.75, 3.05) is 13.7 Å². The summed E-state index contributed by atoms with van der Waals surface area (Å²) in [7, 11) is 1.40. The summed E-state index contributed by atoms with van der Waals surface area (Å²) in [6.07, 6.45) is 0. The number of rotatable bonds is 1. The van der Waals surface area contributed by atoms with Gasteiger partial charge in [-0.05, 0) is 24.6 Å². The molecule has 0 bridgehead atoms. The minimum Gasteiger partial charge on any atom is -0.493 e. The van der Waals surface area contributed by atoms with Crippen LogP contribution in [-0.2, 0) is 4.74 Å². The molecule has 0 spiro atoms. The van der Waals surface area contributed by atoms with E-state index in [-0.39, 0.29) is 5.97 Å². The first kappa shape index (κ1) is 10.0. The summed E-state index contributed by atoms with van der Waals surface area (Å²) >= 11 is 0. The van der Waals surface area contributed by atoms with E-state index in [1.807, 2.05) is 19.1 Å². The van der Waals surface area contributed by atoms with E-state index in [2.05, 4.69) is 6.92 Å². The van der Waals surface area contributed by atoms with Crippen molar-refractivity contribution in [1.82, 2.24) is 0 Å². The molecule has 1 unspecified atom stereocenters. The lowest BCUT2D eigenvalue weighted by Crippen LogP contribution is -2.04. The Balaban J connectivity index is 2.50. The van der Waals surface area contributed by atoms with E-state index in [0.717, 1.165) is 16.9 Å². The number of aryl methyl sites for hydroxylation is 1. The number of fused-ring (bicyclic) bond motifs is 1. The minimum absolute atomic E-state index is 0.283. The zero-order chi connectivity index (χ0) is 11.0. The van der Waals surface area contributed by atoms with Gasteiger partial charge in [-0.15, -0.1) is 0 Å². The lowest BCUT2D eigenvalue weighted by Gasteiger charge is -2.07. The molecule has 1 aromatic carbocycles. The van der Waals surface area contributed by atoms with Crippen molar-refractivity contribution >= 4 is 5.97 Å². The van der Waals surface area contributed by atoms with Gasteiger partial charge in [-0.2, -0.15) is 0 Å². The predicted octanol–water partition coefficient (Wildman–Crippen LogP) is 2.28. The van der Waals surface area contributed by atoms with Crippen LogP contribution in [0.15, 0.2) is 12.1 Å². The van der Waals surface area contributed by atoms with Crippen LogP contribution in [0, 0.1) is 6.92 Å². The molecule has 0 radical (unpaired) electrons. The summed E-state index contributed by atoms with van der Waals surface area (Å²) in [4.78, 5) is 11.5. The van der Waals surface area contributed by atoms with Gasteiger partial charge in [0.2, 0.25) is 0 Å². The third-order valence-electron chi connectivity index (χ3n) is 2.78. The molecule has 1 heterocycles. The van der Waals surface area contributed by atoms with Gasteiger partial charge in [-0.1, -0.05) is 6.92 Å². The van der Waals surface area contributed by atoms with Crippen molar-refractivity contribution in [1.29, 1.82) is 0 Å². The highest BCUT2D eigenvalue weighted by molar-refractivity contribution is 5.91. The van der Waals surface area contributed by atoms with E-state index in [1.165, 1.54) is 7.11 Å².